The van der Waals surface area contributed by atoms with E-state index in [4.69, 9.17) is 5.73 Å². The number of fused-ring (bicyclic) bond motifs is 1. The summed E-state index contributed by atoms with van der Waals surface area (Å²) in [7, 11) is -3.70. The van der Waals surface area contributed by atoms with E-state index in [1.54, 1.807) is 30.5 Å². The number of nitrogen functional groups attached to an aromatic ring is 1. The summed E-state index contributed by atoms with van der Waals surface area (Å²) in [5, 5.41) is 10.5. The number of nitrogens with zero attached hydrogens (tertiary/aromatic N) is 4. The number of piperidine rings is 1. The SMILES string of the molecule is Nc1[nH]nc2ncc(-c3ccc(S(=O)(=O)N4CCC(Nc5ccc(C(F)(F)F)cn5)CC4)cc3)cc12. The van der Waals surface area contributed by atoms with Crippen LogP contribution in [0.3, 0.4) is 0 Å². The molecule has 36 heavy (non-hydrogen) atoms. The number of hydrogen-bond donors (Lipinski definition) is 3. The number of sulfonamides is 1. The molecule has 4 N–H and O–H groups in total. The molecule has 0 bridgehead atoms. The van der Waals surface area contributed by atoms with Crippen LogP contribution in [-0.4, -0.2) is 52.0 Å². The Morgan fingerprint density at radius 2 is 1.72 bits per heavy atom. The first-order chi connectivity index (χ1) is 17.1. The molecule has 13 heteroatoms. The molecule has 9 nitrogen and oxygen atoms in total. The van der Waals surface area contributed by atoms with Crippen LogP contribution in [0.4, 0.5) is 24.8 Å². The van der Waals surface area contributed by atoms with Crippen LogP contribution in [0.2, 0.25) is 0 Å². The molecular formula is C23H22F3N7O2S. The number of rotatable bonds is 5. The van der Waals surface area contributed by atoms with E-state index in [0.29, 0.717) is 35.5 Å². The molecule has 0 unspecified atom stereocenters. The van der Waals surface area contributed by atoms with Crippen LogP contribution in [0.1, 0.15) is 18.4 Å². The van der Waals surface area contributed by atoms with Crippen LogP contribution in [0.5, 0.6) is 0 Å². The van der Waals surface area contributed by atoms with E-state index in [1.165, 1.54) is 10.4 Å². The van der Waals surface area contributed by atoms with Gasteiger partial charge in [-0.3, -0.25) is 5.10 Å². The largest absolute Gasteiger partial charge is 0.417 e. The van der Waals surface area contributed by atoms with Gasteiger partial charge < -0.3 is 11.1 Å². The first kappa shape index (κ1) is 24.0. The van der Waals surface area contributed by atoms with Gasteiger partial charge in [-0.1, -0.05) is 12.1 Å². The molecule has 0 saturated carbocycles. The second-order valence-electron chi connectivity index (χ2n) is 8.51. The third-order valence-electron chi connectivity index (χ3n) is 6.16. The Morgan fingerprint density at radius 3 is 2.36 bits per heavy atom. The first-order valence-corrected chi connectivity index (χ1v) is 12.6. The van der Waals surface area contributed by atoms with Gasteiger partial charge in [-0.15, -0.1) is 0 Å². The zero-order valence-electron chi connectivity index (χ0n) is 18.8. The van der Waals surface area contributed by atoms with Crippen LogP contribution in [0, 0.1) is 0 Å². The molecule has 4 heterocycles. The van der Waals surface area contributed by atoms with Gasteiger partial charge in [-0.25, -0.2) is 18.4 Å². The van der Waals surface area contributed by atoms with Crippen LogP contribution in [-0.2, 0) is 16.2 Å². The molecular weight excluding hydrogens is 495 g/mol. The summed E-state index contributed by atoms with van der Waals surface area (Å²) in [6.07, 6.45) is -1.02. The number of H-pyrrole nitrogens is 1. The molecule has 4 aromatic rings. The number of aromatic nitrogens is 4. The predicted molar refractivity (Wildman–Crippen MR) is 128 cm³/mol. The molecule has 188 valence electrons. The van der Waals surface area contributed by atoms with Crippen molar-refractivity contribution in [2.75, 3.05) is 24.1 Å². The maximum atomic E-state index is 13.2. The molecule has 1 fully saturated rings. The van der Waals surface area contributed by atoms with E-state index < -0.39 is 21.8 Å². The zero-order chi connectivity index (χ0) is 25.5. The molecule has 0 aliphatic carbocycles. The molecule has 0 amide bonds. The van der Waals surface area contributed by atoms with Crippen molar-refractivity contribution in [3.8, 4) is 11.1 Å². The number of pyridine rings is 2. The standard InChI is InChI=1S/C23H22F3N7O2S/c24-23(25,26)16-3-6-20(28-13-16)30-17-7-9-33(10-8-17)36(34,35)18-4-1-14(2-5-18)15-11-19-21(27)31-32-22(19)29-12-15/h1-6,11-13,17H,7-10H2,(H,28,30)(H3,27,29,31,32). The van der Waals surface area contributed by atoms with Crippen LogP contribution < -0.4 is 11.1 Å². The summed E-state index contributed by atoms with van der Waals surface area (Å²) in [6, 6.07) is 10.6. The van der Waals surface area contributed by atoms with Gasteiger partial charge in [0.1, 0.15) is 11.6 Å². The molecule has 1 aromatic carbocycles. The van der Waals surface area contributed by atoms with Crippen LogP contribution in [0.15, 0.2) is 59.8 Å². The van der Waals surface area contributed by atoms with Crippen molar-refractivity contribution in [1.82, 2.24) is 24.5 Å². The fourth-order valence-corrected chi connectivity index (χ4v) is 5.61. The minimum atomic E-state index is -4.44. The number of anilines is 2. The number of hydrogen-bond acceptors (Lipinski definition) is 7. The van der Waals surface area contributed by atoms with E-state index in [2.05, 4.69) is 25.5 Å². The van der Waals surface area contributed by atoms with Gasteiger partial charge in [0.25, 0.3) is 0 Å². The Morgan fingerprint density at radius 1 is 1.00 bits per heavy atom. The predicted octanol–water partition coefficient (Wildman–Crippen LogP) is 3.89. The highest BCUT2D eigenvalue weighted by molar-refractivity contribution is 7.89. The van der Waals surface area contributed by atoms with Crippen molar-refractivity contribution in [3.63, 3.8) is 0 Å². The Bertz CT molecular complexity index is 1480. The van der Waals surface area contributed by atoms with E-state index >= 15 is 0 Å². The Labute approximate surface area is 204 Å². The minimum Gasteiger partial charge on any atom is -0.384 e. The highest BCUT2D eigenvalue weighted by atomic mass is 32.2. The van der Waals surface area contributed by atoms with Gasteiger partial charge in [0, 0.05) is 37.1 Å². The highest BCUT2D eigenvalue weighted by Crippen LogP contribution is 2.30. The molecule has 5 rings (SSSR count). The van der Waals surface area contributed by atoms with E-state index in [9.17, 15) is 21.6 Å². The van der Waals surface area contributed by atoms with Gasteiger partial charge in [0.15, 0.2) is 5.65 Å². The lowest BCUT2D eigenvalue weighted by Crippen LogP contribution is -2.42. The fourth-order valence-electron chi connectivity index (χ4n) is 4.14. The summed E-state index contributed by atoms with van der Waals surface area (Å²) >= 11 is 0. The lowest BCUT2D eigenvalue weighted by atomic mass is 10.1. The second-order valence-corrected chi connectivity index (χ2v) is 10.4. The van der Waals surface area contributed by atoms with Gasteiger partial charge in [0.05, 0.1) is 15.8 Å². The van der Waals surface area contributed by atoms with Gasteiger partial charge >= 0.3 is 6.18 Å². The average Bonchev–Trinajstić information content (AvgIpc) is 3.24. The van der Waals surface area contributed by atoms with E-state index in [1.807, 2.05) is 6.07 Å². The maximum Gasteiger partial charge on any atom is 0.417 e. The summed E-state index contributed by atoms with van der Waals surface area (Å²) in [5.41, 5.74) is 7.12. The van der Waals surface area contributed by atoms with Crippen molar-refractivity contribution >= 4 is 32.7 Å². The third-order valence-corrected chi connectivity index (χ3v) is 8.07. The molecule has 0 radical (unpaired) electrons. The Kier molecular flexibility index (Phi) is 6.04. The van der Waals surface area contributed by atoms with Crippen molar-refractivity contribution in [3.05, 3.63) is 60.4 Å². The van der Waals surface area contributed by atoms with Crippen LogP contribution >= 0.6 is 0 Å². The monoisotopic (exact) mass is 517 g/mol. The Hall–Kier alpha value is -3.71. The molecule has 1 aliphatic heterocycles. The van der Waals surface area contributed by atoms with Gasteiger partial charge in [0.2, 0.25) is 10.0 Å². The van der Waals surface area contributed by atoms with Crippen LogP contribution in [0.25, 0.3) is 22.2 Å². The highest BCUT2D eigenvalue weighted by Gasteiger charge is 2.32. The number of halogens is 3. The molecule has 0 spiro atoms. The number of nitrogens with two attached hydrogens (primary N) is 1. The number of alkyl halides is 3. The summed E-state index contributed by atoms with van der Waals surface area (Å²) in [4.78, 5) is 8.27. The summed E-state index contributed by atoms with van der Waals surface area (Å²) < 4.78 is 65.9. The summed E-state index contributed by atoms with van der Waals surface area (Å²) in [6.45, 7) is 0.561. The van der Waals surface area contributed by atoms with Crippen molar-refractivity contribution in [2.24, 2.45) is 0 Å². The number of aromatic amines is 1. The summed E-state index contributed by atoms with van der Waals surface area (Å²) in [5.74, 6) is 0.732. The lowest BCUT2D eigenvalue weighted by molar-refractivity contribution is -0.137. The third kappa shape index (κ3) is 4.71. The average molecular weight is 518 g/mol. The number of nitrogens with one attached hydrogen (secondary N) is 2. The molecule has 1 saturated heterocycles. The van der Waals surface area contributed by atoms with E-state index in [-0.39, 0.29) is 24.0 Å². The smallest absolute Gasteiger partial charge is 0.384 e. The Balaban J connectivity index is 1.23. The topological polar surface area (TPSA) is 130 Å². The fraction of sp³-hybridized carbons (Fsp3) is 0.261. The zero-order valence-corrected chi connectivity index (χ0v) is 19.6. The van der Waals surface area contributed by atoms with Crippen molar-refractivity contribution in [1.29, 1.82) is 0 Å². The normalized spacial score (nSPS) is 15.9. The second kappa shape index (κ2) is 9.06. The number of benzene rings is 1. The minimum absolute atomic E-state index is 0.0964. The van der Waals surface area contributed by atoms with Gasteiger partial charge in [-0.2, -0.15) is 22.6 Å². The van der Waals surface area contributed by atoms with Gasteiger partial charge in [-0.05, 0) is 48.7 Å². The first-order valence-electron chi connectivity index (χ1n) is 11.1. The lowest BCUT2D eigenvalue weighted by Gasteiger charge is -2.32. The van der Waals surface area contributed by atoms with Crippen molar-refractivity contribution < 1.29 is 21.6 Å². The van der Waals surface area contributed by atoms with Crippen molar-refractivity contribution in [2.45, 2.75) is 30.0 Å². The maximum absolute atomic E-state index is 13.2. The molecule has 3 aromatic heterocycles. The van der Waals surface area contributed by atoms with E-state index in [0.717, 1.165) is 23.4 Å². The molecule has 1 aliphatic rings. The molecule has 0 atom stereocenters. The quantitative estimate of drug-likeness (QED) is 0.366.